The summed E-state index contributed by atoms with van der Waals surface area (Å²) in [4.78, 5) is 13.6. The van der Waals surface area contributed by atoms with Crippen LogP contribution in [0, 0.1) is 17.0 Å². The van der Waals surface area contributed by atoms with Gasteiger partial charge in [-0.15, -0.1) is 0 Å². The molecule has 5 nitrogen and oxygen atoms in total. The van der Waals surface area contributed by atoms with Crippen LogP contribution < -0.4 is 0 Å². The van der Waals surface area contributed by atoms with E-state index in [2.05, 4.69) is 4.98 Å². The summed E-state index contributed by atoms with van der Waals surface area (Å²) in [7, 11) is 0. The fraction of sp³-hybridized carbons (Fsp3) is 0. The minimum atomic E-state index is -0.496. The number of non-ortho nitro benzene ring substituents is 1. The highest BCUT2D eigenvalue weighted by Gasteiger charge is 2.09. The van der Waals surface area contributed by atoms with E-state index in [1.165, 1.54) is 18.2 Å². The molecule has 0 aliphatic heterocycles. The van der Waals surface area contributed by atoms with E-state index in [1.54, 1.807) is 0 Å². The molecule has 0 unspecified atom stereocenters. The predicted octanol–water partition coefficient (Wildman–Crippen LogP) is 1.80. The maximum absolute atomic E-state index is 10.4. The second-order valence-electron chi connectivity index (χ2n) is 2.46. The van der Waals surface area contributed by atoms with Crippen LogP contribution in [-0.2, 0) is 0 Å². The second-order valence-corrected chi connectivity index (χ2v) is 2.46. The number of hydrogen-bond acceptors (Lipinski definition) is 4. The Balaban J connectivity index is 2.67. The third-order valence-corrected chi connectivity index (χ3v) is 1.60. The smallest absolute Gasteiger partial charge is 0.271 e. The number of rotatable bonds is 1. The van der Waals surface area contributed by atoms with E-state index in [1.807, 2.05) is 0 Å². The highest BCUT2D eigenvalue weighted by atomic mass is 16.6. The Kier molecular flexibility index (Phi) is 1.51. The van der Waals surface area contributed by atoms with E-state index in [0.717, 1.165) is 0 Å². The lowest BCUT2D eigenvalue weighted by atomic mass is 10.3. The van der Waals surface area contributed by atoms with Crippen LogP contribution in [0.1, 0.15) is 5.89 Å². The van der Waals surface area contributed by atoms with Gasteiger partial charge < -0.3 is 4.42 Å². The van der Waals surface area contributed by atoms with Crippen LogP contribution in [0.3, 0.4) is 0 Å². The minimum Gasteiger partial charge on any atom is -0.440 e. The molecule has 0 saturated carbocycles. The molecule has 5 heteroatoms. The zero-order chi connectivity index (χ0) is 9.42. The summed E-state index contributed by atoms with van der Waals surface area (Å²) in [5, 5.41) is 10.4. The van der Waals surface area contributed by atoms with E-state index < -0.39 is 4.92 Å². The van der Waals surface area contributed by atoms with Gasteiger partial charge in [0.05, 0.1) is 11.8 Å². The molecule has 13 heavy (non-hydrogen) atoms. The van der Waals surface area contributed by atoms with Crippen LogP contribution in [0.15, 0.2) is 22.6 Å². The Morgan fingerprint density at radius 2 is 2.31 bits per heavy atom. The first-order chi connectivity index (χ1) is 6.16. The van der Waals surface area contributed by atoms with Gasteiger partial charge in [0.1, 0.15) is 5.52 Å². The van der Waals surface area contributed by atoms with Crippen molar-refractivity contribution in [3.63, 3.8) is 0 Å². The molecule has 0 bridgehead atoms. The third kappa shape index (κ3) is 1.24. The van der Waals surface area contributed by atoms with Gasteiger partial charge in [0.2, 0.25) is 0 Å². The van der Waals surface area contributed by atoms with Gasteiger partial charge in [0.25, 0.3) is 5.69 Å². The largest absolute Gasteiger partial charge is 0.440 e. The van der Waals surface area contributed by atoms with E-state index in [0.29, 0.717) is 11.1 Å². The second kappa shape index (κ2) is 2.55. The summed E-state index contributed by atoms with van der Waals surface area (Å²) in [6.45, 7) is 5.27. The van der Waals surface area contributed by atoms with Gasteiger partial charge in [-0.3, -0.25) is 10.1 Å². The molecule has 0 spiro atoms. The Bertz CT molecular complexity index is 475. The van der Waals surface area contributed by atoms with Crippen LogP contribution in [-0.4, -0.2) is 9.91 Å². The predicted molar refractivity (Wildman–Crippen MR) is 44.1 cm³/mol. The molecule has 0 N–H and O–H groups in total. The third-order valence-electron chi connectivity index (χ3n) is 1.60. The van der Waals surface area contributed by atoms with Crippen molar-refractivity contribution in [3.05, 3.63) is 41.1 Å². The van der Waals surface area contributed by atoms with Crippen LogP contribution in [0.25, 0.3) is 11.1 Å². The van der Waals surface area contributed by atoms with Crippen LogP contribution >= 0.6 is 0 Å². The van der Waals surface area contributed by atoms with Crippen molar-refractivity contribution in [2.75, 3.05) is 0 Å². The highest BCUT2D eigenvalue weighted by Crippen LogP contribution is 2.20. The molecule has 1 aromatic heterocycles. The van der Waals surface area contributed by atoms with E-state index in [-0.39, 0.29) is 11.6 Å². The standard InChI is InChI=1S/C8H4N2O3/c1-5-9-7-4-6(10(11)12)2-3-8(7)13-5/h1-4H. The summed E-state index contributed by atoms with van der Waals surface area (Å²) < 4.78 is 4.95. The van der Waals surface area contributed by atoms with Crippen LogP contribution in [0.4, 0.5) is 5.69 Å². The molecule has 1 heterocycles. The highest BCUT2D eigenvalue weighted by molar-refractivity contribution is 5.75. The Hall–Kier alpha value is -1.91. The van der Waals surface area contributed by atoms with Crippen molar-refractivity contribution in [3.8, 4) is 0 Å². The minimum absolute atomic E-state index is 0.00972. The molecular formula is C8H4N2O3. The monoisotopic (exact) mass is 176 g/mol. The molecule has 0 fully saturated rings. The Morgan fingerprint density at radius 3 is 3.00 bits per heavy atom. The van der Waals surface area contributed by atoms with Gasteiger partial charge in [-0.2, -0.15) is 0 Å². The van der Waals surface area contributed by atoms with Crippen molar-refractivity contribution in [2.24, 2.45) is 0 Å². The fourth-order valence-corrected chi connectivity index (χ4v) is 1.05. The van der Waals surface area contributed by atoms with Gasteiger partial charge in [-0.05, 0) is 6.07 Å². The Labute approximate surface area is 73.1 Å². The van der Waals surface area contributed by atoms with Crippen LogP contribution in [0.5, 0.6) is 0 Å². The summed E-state index contributed by atoms with van der Waals surface area (Å²) in [5.41, 5.74) is 0.815. The number of nitro groups is 1. The molecule has 0 atom stereocenters. The molecule has 2 radical (unpaired) electrons. The maximum Gasteiger partial charge on any atom is 0.271 e. The molecule has 1 aromatic carbocycles. The van der Waals surface area contributed by atoms with E-state index in [4.69, 9.17) is 11.3 Å². The lowest BCUT2D eigenvalue weighted by molar-refractivity contribution is -0.384. The van der Waals surface area contributed by atoms with Crippen molar-refractivity contribution >= 4 is 16.8 Å². The number of hydrogen-bond donors (Lipinski definition) is 0. The van der Waals surface area contributed by atoms with Crippen molar-refractivity contribution in [1.82, 2.24) is 4.98 Å². The lowest BCUT2D eigenvalue weighted by Gasteiger charge is -1.88. The molecule has 0 saturated heterocycles. The number of benzene rings is 1. The van der Waals surface area contributed by atoms with Gasteiger partial charge in [-0.1, -0.05) is 0 Å². The molecule has 2 rings (SSSR count). The maximum atomic E-state index is 10.4. The first-order valence-corrected chi connectivity index (χ1v) is 3.47. The van der Waals surface area contributed by atoms with E-state index in [9.17, 15) is 10.1 Å². The normalized spacial score (nSPS) is 10.5. The van der Waals surface area contributed by atoms with Gasteiger partial charge in [0.15, 0.2) is 11.5 Å². The number of aromatic nitrogens is 1. The van der Waals surface area contributed by atoms with Crippen molar-refractivity contribution < 1.29 is 9.34 Å². The zero-order valence-electron chi connectivity index (χ0n) is 6.43. The molecule has 0 amide bonds. The summed E-state index contributed by atoms with van der Waals surface area (Å²) in [6, 6.07) is 4.12. The number of nitrogens with zero attached hydrogens (tertiary/aromatic N) is 2. The van der Waals surface area contributed by atoms with E-state index >= 15 is 0 Å². The topological polar surface area (TPSA) is 69.2 Å². The van der Waals surface area contributed by atoms with Crippen LogP contribution in [0.2, 0.25) is 0 Å². The van der Waals surface area contributed by atoms with Gasteiger partial charge >= 0.3 is 0 Å². The molecule has 0 aliphatic rings. The first kappa shape index (κ1) is 7.72. The quantitative estimate of drug-likeness (QED) is 0.490. The SMILES string of the molecule is [CH]c1nc2cc([N+](=O)[O-])ccc2o1. The van der Waals surface area contributed by atoms with Crippen molar-refractivity contribution in [1.29, 1.82) is 0 Å². The van der Waals surface area contributed by atoms with Gasteiger partial charge in [0, 0.05) is 12.1 Å². The number of fused-ring (bicyclic) bond motifs is 1. The molecule has 2 aromatic rings. The Morgan fingerprint density at radius 1 is 1.54 bits per heavy atom. The molecular weight excluding hydrogens is 172 g/mol. The fourth-order valence-electron chi connectivity index (χ4n) is 1.05. The van der Waals surface area contributed by atoms with Crippen molar-refractivity contribution in [2.45, 2.75) is 0 Å². The summed E-state index contributed by atoms with van der Waals surface area (Å²) in [6.07, 6.45) is 0. The average molecular weight is 176 g/mol. The average Bonchev–Trinajstić information content (AvgIpc) is 2.42. The lowest BCUT2D eigenvalue weighted by Crippen LogP contribution is -1.86. The molecule has 0 aliphatic carbocycles. The first-order valence-electron chi connectivity index (χ1n) is 3.47. The zero-order valence-corrected chi connectivity index (χ0v) is 6.43. The molecule has 64 valence electrons. The summed E-state index contributed by atoms with van der Waals surface area (Å²) in [5.74, 6) is 0.00972. The van der Waals surface area contributed by atoms with Gasteiger partial charge in [-0.25, -0.2) is 4.98 Å². The summed E-state index contributed by atoms with van der Waals surface area (Å²) >= 11 is 0. The number of nitro benzene ring substituents is 1. The number of oxazole rings is 1.